The molecule has 2 aliphatic rings. The first-order valence-corrected chi connectivity index (χ1v) is 10.8. The second-order valence-corrected chi connectivity index (χ2v) is 9.80. The summed E-state index contributed by atoms with van der Waals surface area (Å²) in [5.41, 5.74) is 0.407. The van der Waals surface area contributed by atoms with Crippen LogP contribution in [0.2, 0.25) is 0 Å². The second-order valence-electron chi connectivity index (χ2n) is 8.75. The SMILES string of the molecule is CC(C)(C)C#Cc1cc(N2C(=O)CCC[C@@H]2C2CCCCC2)c(C(=O)O)s1. The Kier molecular flexibility index (Phi) is 5.95. The van der Waals surface area contributed by atoms with Crippen molar-refractivity contribution in [2.75, 3.05) is 4.90 Å². The molecule has 146 valence electrons. The number of piperidine rings is 1. The minimum Gasteiger partial charge on any atom is -0.477 e. The van der Waals surface area contributed by atoms with Crippen LogP contribution in [0.3, 0.4) is 0 Å². The molecule has 0 aromatic carbocycles. The molecule has 27 heavy (non-hydrogen) atoms. The van der Waals surface area contributed by atoms with Crippen molar-refractivity contribution in [2.24, 2.45) is 11.3 Å². The first-order chi connectivity index (χ1) is 12.8. The Balaban J connectivity index is 1.99. The zero-order chi connectivity index (χ0) is 19.6. The van der Waals surface area contributed by atoms with E-state index >= 15 is 0 Å². The fourth-order valence-corrected chi connectivity index (χ4v) is 5.04. The molecule has 1 aliphatic heterocycles. The molecule has 2 fully saturated rings. The van der Waals surface area contributed by atoms with Gasteiger partial charge >= 0.3 is 5.97 Å². The number of carboxylic acid groups (broad SMARTS) is 1. The van der Waals surface area contributed by atoms with Crippen LogP contribution in [0.15, 0.2) is 6.07 Å². The van der Waals surface area contributed by atoms with Gasteiger partial charge in [-0.05, 0) is 58.4 Å². The van der Waals surface area contributed by atoms with Crippen LogP contribution in [0.4, 0.5) is 5.69 Å². The molecule has 0 spiro atoms. The number of carbonyl (C=O) groups excluding carboxylic acids is 1. The van der Waals surface area contributed by atoms with Crippen LogP contribution in [0.1, 0.15) is 86.7 Å². The highest BCUT2D eigenvalue weighted by molar-refractivity contribution is 7.15. The van der Waals surface area contributed by atoms with Gasteiger partial charge in [-0.15, -0.1) is 11.3 Å². The lowest BCUT2D eigenvalue weighted by Gasteiger charge is -2.41. The maximum atomic E-state index is 12.9. The Bertz CT molecular complexity index is 772. The van der Waals surface area contributed by atoms with E-state index in [0.717, 1.165) is 30.6 Å². The standard InChI is InChI=1S/C22H29NO3S/c1-22(2,3)13-12-16-14-18(20(27-16)21(25)26)23-17(10-7-11-19(23)24)15-8-5-4-6-9-15/h14-15,17H,4-11H2,1-3H3,(H,25,26)/t17-/m1/s1. The van der Waals surface area contributed by atoms with Crippen LogP contribution >= 0.6 is 11.3 Å². The van der Waals surface area contributed by atoms with Gasteiger partial charge in [-0.1, -0.05) is 31.1 Å². The second kappa shape index (κ2) is 8.06. The topological polar surface area (TPSA) is 57.6 Å². The van der Waals surface area contributed by atoms with Crippen molar-refractivity contribution in [3.8, 4) is 11.8 Å². The Morgan fingerprint density at radius 3 is 2.52 bits per heavy atom. The van der Waals surface area contributed by atoms with Crippen molar-refractivity contribution in [3.63, 3.8) is 0 Å². The molecule has 1 saturated heterocycles. The summed E-state index contributed by atoms with van der Waals surface area (Å²) >= 11 is 1.19. The summed E-state index contributed by atoms with van der Waals surface area (Å²) in [6.07, 6.45) is 8.33. The molecule has 5 heteroatoms. The number of carbonyl (C=O) groups is 2. The summed E-state index contributed by atoms with van der Waals surface area (Å²) in [6, 6.07) is 1.95. The Labute approximate surface area is 166 Å². The summed E-state index contributed by atoms with van der Waals surface area (Å²) < 4.78 is 0. The van der Waals surface area contributed by atoms with Crippen LogP contribution < -0.4 is 4.90 Å². The van der Waals surface area contributed by atoms with E-state index in [1.807, 2.05) is 31.7 Å². The van der Waals surface area contributed by atoms with Crippen molar-refractivity contribution in [1.82, 2.24) is 0 Å². The Morgan fingerprint density at radius 1 is 1.19 bits per heavy atom. The van der Waals surface area contributed by atoms with Gasteiger partial charge in [0, 0.05) is 17.9 Å². The van der Waals surface area contributed by atoms with Crippen LogP contribution in [0.5, 0.6) is 0 Å². The van der Waals surface area contributed by atoms with Gasteiger partial charge in [0.1, 0.15) is 4.88 Å². The predicted molar refractivity (Wildman–Crippen MR) is 109 cm³/mol. The number of aromatic carboxylic acids is 1. The van der Waals surface area contributed by atoms with Gasteiger partial charge in [0.15, 0.2) is 0 Å². The van der Waals surface area contributed by atoms with E-state index in [0.29, 0.717) is 18.0 Å². The third-order valence-electron chi connectivity index (χ3n) is 5.41. The predicted octanol–water partition coefficient (Wildman–Crippen LogP) is 5.31. The zero-order valence-corrected chi connectivity index (χ0v) is 17.3. The normalized spacial score (nSPS) is 21.7. The third-order valence-corrected chi connectivity index (χ3v) is 6.44. The minimum atomic E-state index is -0.973. The molecule has 0 bridgehead atoms. The average molecular weight is 388 g/mol. The average Bonchev–Trinajstić information content (AvgIpc) is 3.04. The van der Waals surface area contributed by atoms with Gasteiger partial charge in [-0.2, -0.15) is 0 Å². The zero-order valence-electron chi connectivity index (χ0n) is 16.5. The van der Waals surface area contributed by atoms with Crippen molar-refractivity contribution in [2.45, 2.75) is 78.2 Å². The van der Waals surface area contributed by atoms with Crippen molar-refractivity contribution >= 4 is 28.9 Å². The molecule has 3 rings (SSSR count). The number of amides is 1. The fourth-order valence-electron chi connectivity index (χ4n) is 4.20. The number of rotatable bonds is 3. The van der Waals surface area contributed by atoms with Gasteiger partial charge in [0.05, 0.1) is 10.6 Å². The molecule has 1 N–H and O–H groups in total. The molecule has 0 radical (unpaired) electrons. The molecule has 1 aliphatic carbocycles. The van der Waals surface area contributed by atoms with E-state index in [9.17, 15) is 14.7 Å². The monoisotopic (exact) mass is 387 g/mol. The number of carboxylic acids is 1. The van der Waals surface area contributed by atoms with Gasteiger partial charge in [-0.25, -0.2) is 4.79 Å². The van der Waals surface area contributed by atoms with E-state index in [-0.39, 0.29) is 22.2 Å². The third kappa shape index (κ3) is 4.73. The molecule has 1 aromatic heterocycles. The number of hydrogen-bond donors (Lipinski definition) is 1. The lowest BCUT2D eigenvalue weighted by Crippen LogP contribution is -2.48. The number of anilines is 1. The van der Waals surface area contributed by atoms with E-state index in [1.165, 1.54) is 30.6 Å². The molecule has 2 heterocycles. The summed E-state index contributed by atoms with van der Waals surface area (Å²) in [7, 11) is 0. The molecular weight excluding hydrogens is 358 g/mol. The Morgan fingerprint density at radius 2 is 1.89 bits per heavy atom. The molecule has 4 nitrogen and oxygen atoms in total. The Hall–Kier alpha value is -1.80. The molecule has 1 atom stereocenters. The summed E-state index contributed by atoms with van der Waals surface area (Å²) in [6.45, 7) is 6.08. The molecule has 1 aromatic rings. The van der Waals surface area contributed by atoms with Gasteiger partial charge in [0.2, 0.25) is 5.91 Å². The van der Waals surface area contributed by atoms with Gasteiger partial charge < -0.3 is 10.0 Å². The highest BCUT2D eigenvalue weighted by Crippen LogP contribution is 2.40. The molecular formula is C22H29NO3S. The fraction of sp³-hybridized carbons (Fsp3) is 0.636. The highest BCUT2D eigenvalue weighted by Gasteiger charge is 2.37. The van der Waals surface area contributed by atoms with Crippen molar-refractivity contribution < 1.29 is 14.7 Å². The minimum absolute atomic E-state index is 0.0625. The number of hydrogen-bond acceptors (Lipinski definition) is 3. The lowest BCUT2D eigenvalue weighted by molar-refractivity contribution is -0.120. The molecule has 1 amide bonds. The number of thiophene rings is 1. The smallest absolute Gasteiger partial charge is 0.348 e. The highest BCUT2D eigenvalue weighted by atomic mass is 32.1. The van der Waals surface area contributed by atoms with E-state index < -0.39 is 5.97 Å². The van der Waals surface area contributed by atoms with Gasteiger partial charge in [-0.3, -0.25) is 4.79 Å². The van der Waals surface area contributed by atoms with Crippen LogP contribution in [-0.4, -0.2) is 23.0 Å². The molecule has 0 unspecified atom stereocenters. The summed E-state index contributed by atoms with van der Waals surface area (Å²) in [4.78, 5) is 27.5. The quantitative estimate of drug-likeness (QED) is 0.715. The van der Waals surface area contributed by atoms with Crippen LogP contribution in [0.25, 0.3) is 0 Å². The maximum Gasteiger partial charge on any atom is 0.348 e. The largest absolute Gasteiger partial charge is 0.477 e. The van der Waals surface area contributed by atoms with Crippen LogP contribution in [-0.2, 0) is 4.79 Å². The molecule has 1 saturated carbocycles. The van der Waals surface area contributed by atoms with Gasteiger partial charge in [0.25, 0.3) is 0 Å². The number of nitrogens with zero attached hydrogens (tertiary/aromatic N) is 1. The first-order valence-electron chi connectivity index (χ1n) is 9.98. The summed E-state index contributed by atoms with van der Waals surface area (Å²) in [5.74, 6) is 5.86. The van der Waals surface area contributed by atoms with Crippen LogP contribution in [0, 0.1) is 23.2 Å². The van der Waals surface area contributed by atoms with Crippen molar-refractivity contribution in [3.05, 3.63) is 15.8 Å². The van der Waals surface area contributed by atoms with E-state index in [2.05, 4.69) is 11.8 Å². The van der Waals surface area contributed by atoms with Crippen molar-refractivity contribution in [1.29, 1.82) is 0 Å². The van der Waals surface area contributed by atoms with E-state index in [4.69, 9.17) is 0 Å². The summed E-state index contributed by atoms with van der Waals surface area (Å²) in [5, 5.41) is 9.74. The lowest BCUT2D eigenvalue weighted by atomic mass is 9.79. The van der Waals surface area contributed by atoms with E-state index in [1.54, 1.807) is 0 Å². The maximum absolute atomic E-state index is 12.9. The first kappa shape index (κ1) is 19.9.